The maximum absolute atomic E-state index is 5.60. The first-order valence-corrected chi connectivity index (χ1v) is 7.05. The maximum atomic E-state index is 5.60. The van der Waals surface area contributed by atoms with Gasteiger partial charge in [0.25, 0.3) is 0 Å². The molecule has 0 aromatic heterocycles. The molecule has 2 nitrogen and oxygen atoms in total. The highest BCUT2D eigenvalue weighted by molar-refractivity contribution is 5.34. The summed E-state index contributed by atoms with van der Waals surface area (Å²) < 4.78 is 5.60. The summed E-state index contributed by atoms with van der Waals surface area (Å²) >= 11 is 0. The van der Waals surface area contributed by atoms with Crippen LogP contribution in [-0.2, 0) is 0 Å². The minimum Gasteiger partial charge on any atom is -0.494 e. The van der Waals surface area contributed by atoms with Crippen molar-refractivity contribution in [1.82, 2.24) is 5.32 Å². The Labute approximate surface area is 111 Å². The molecular formula is C16H25NO. The summed E-state index contributed by atoms with van der Waals surface area (Å²) in [5.41, 5.74) is 1.80. The van der Waals surface area contributed by atoms with Crippen LogP contribution in [0.3, 0.4) is 0 Å². The largest absolute Gasteiger partial charge is 0.494 e. The zero-order valence-corrected chi connectivity index (χ0v) is 12.0. The molecule has 2 rings (SSSR count). The summed E-state index contributed by atoms with van der Waals surface area (Å²) in [5, 5.41) is 3.45. The van der Waals surface area contributed by atoms with Crippen molar-refractivity contribution < 1.29 is 4.74 Å². The van der Waals surface area contributed by atoms with Gasteiger partial charge >= 0.3 is 0 Å². The van der Waals surface area contributed by atoms with Gasteiger partial charge in [0.2, 0.25) is 0 Å². The molecule has 0 bridgehead atoms. The lowest BCUT2D eigenvalue weighted by atomic mass is 9.54. The Balaban J connectivity index is 2.19. The molecule has 18 heavy (non-hydrogen) atoms. The molecule has 1 saturated carbocycles. The Hall–Kier alpha value is -1.02. The Kier molecular flexibility index (Phi) is 3.96. The van der Waals surface area contributed by atoms with Crippen LogP contribution < -0.4 is 10.1 Å². The van der Waals surface area contributed by atoms with Gasteiger partial charge in [0.15, 0.2) is 0 Å². The van der Waals surface area contributed by atoms with Crippen molar-refractivity contribution in [3.63, 3.8) is 0 Å². The van der Waals surface area contributed by atoms with E-state index < -0.39 is 0 Å². The van der Waals surface area contributed by atoms with E-state index in [-0.39, 0.29) is 0 Å². The number of rotatable bonds is 5. The average molecular weight is 247 g/mol. The fraction of sp³-hybridized carbons (Fsp3) is 0.625. The van der Waals surface area contributed by atoms with Crippen LogP contribution in [0.25, 0.3) is 0 Å². The van der Waals surface area contributed by atoms with E-state index in [1.165, 1.54) is 18.4 Å². The van der Waals surface area contributed by atoms with E-state index in [9.17, 15) is 0 Å². The zero-order valence-electron chi connectivity index (χ0n) is 12.0. The zero-order chi connectivity index (χ0) is 13.2. The van der Waals surface area contributed by atoms with E-state index in [0.29, 0.717) is 17.4 Å². The van der Waals surface area contributed by atoms with Crippen molar-refractivity contribution in [3.05, 3.63) is 29.8 Å². The molecule has 3 atom stereocenters. The maximum Gasteiger partial charge on any atom is 0.119 e. The second-order valence-corrected chi connectivity index (χ2v) is 5.49. The van der Waals surface area contributed by atoms with Gasteiger partial charge in [-0.25, -0.2) is 0 Å². The lowest BCUT2D eigenvalue weighted by molar-refractivity contribution is 0.0494. The third-order valence-electron chi connectivity index (χ3n) is 4.75. The van der Waals surface area contributed by atoms with Gasteiger partial charge in [0.05, 0.1) is 6.61 Å². The predicted molar refractivity (Wildman–Crippen MR) is 76.2 cm³/mol. The van der Waals surface area contributed by atoms with Crippen molar-refractivity contribution in [2.45, 2.75) is 45.6 Å². The van der Waals surface area contributed by atoms with E-state index in [2.05, 4.69) is 44.4 Å². The molecule has 0 saturated heterocycles. The van der Waals surface area contributed by atoms with Crippen LogP contribution in [-0.4, -0.2) is 19.7 Å². The average Bonchev–Trinajstić information content (AvgIpc) is 2.38. The number of nitrogens with one attached hydrogen (secondary N) is 1. The highest BCUT2D eigenvalue weighted by Gasteiger charge is 2.49. The molecule has 1 fully saturated rings. The molecule has 1 aromatic rings. The van der Waals surface area contributed by atoms with Gasteiger partial charge in [0.1, 0.15) is 5.75 Å². The monoisotopic (exact) mass is 247 g/mol. The van der Waals surface area contributed by atoms with Gasteiger partial charge < -0.3 is 10.1 Å². The fourth-order valence-electron chi connectivity index (χ4n) is 3.30. The van der Waals surface area contributed by atoms with Gasteiger partial charge in [-0.1, -0.05) is 26.0 Å². The normalized spacial score (nSPS) is 30.9. The van der Waals surface area contributed by atoms with E-state index in [4.69, 9.17) is 4.74 Å². The summed E-state index contributed by atoms with van der Waals surface area (Å²) in [5.74, 6) is 1.65. The summed E-state index contributed by atoms with van der Waals surface area (Å²) in [6.07, 6.45) is 2.44. The number of hydrogen-bond acceptors (Lipinski definition) is 2. The predicted octanol–water partition coefficient (Wildman–Crippen LogP) is 3.58. The summed E-state index contributed by atoms with van der Waals surface area (Å²) in [6, 6.07) is 9.26. The Morgan fingerprint density at radius 1 is 1.39 bits per heavy atom. The van der Waals surface area contributed by atoms with Crippen LogP contribution >= 0.6 is 0 Å². The lowest BCUT2D eigenvalue weighted by Gasteiger charge is -2.54. The fourth-order valence-corrected chi connectivity index (χ4v) is 3.30. The van der Waals surface area contributed by atoms with Crippen molar-refractivity contribution in [3.8, 4) is 5.75 Å². The lowest BCUT2D eigenvalue weighted by Crippen LogP contribution is -2.55. The third-order valence-corrected chi connectivity index (χ3v) is 4.75. The van der Waals surface area contributed by atoms with E-state index >= 15 is 0 Å². The third kappa shape index (κ3) is 2.14. The molecule has 0 heterocycles. The molecule has 3 unspecified atom stereocenters. The van der Waals surface area contributed by atoms with E-state index in [0.717, 1.165) is 12.4 Å². The van der Waals surface area contributed by atoms with E-state index in [1.807, 2.05) is 13.0 Å². The molecule has 1 aliphatic rings. The second-order valence-electron chi connectivity index (χ2n) is 5.49. The second kappa shape index (κ2) is 5.31. The highest BCUT2D eigenvalue weighted by Crippen LogP contribution is 2.55. The molecule has 0 amide bonds. The molecule has 1 aliphatic carbocycles. The molecule has 2 heteroatoms. The Bertz CT molecular complexity index is 404. The van der Waals surface area contributed by atoms with Gasteiger partial charge in [-0.15, -0.1) is 0 Å². The molecular weight excluding hydrogens is 222 g/mol. The van der Waals surface area contributed by atoms with Crippen LogP contribution in [0.2, 0.25) is 0 Å². The number of ether oxygens (including phenoxy) is 1. The van der Waals surface area contributed by atoms with E-state index in [1.54, 1.807) is 0 Å². The molecule has 0 spiro atoms. The van der Waals surface area contributed by atoms with Crippen LogP contribution in [0.1, 0.15) is 45.1 Å². The molecule has 0 radical (unpaired) electrons. The smallest absolute Gasteiger partial charge is 0.119 e. The van der Waals surface area contributed by atoms with Crippen LogP contribution in [0.5, 0.6) is 5.75 Å². The van der Waals surface area contributed by atoms with Crippen LogP contribution in [0.4, 0.5) is 0 Å². The molecule has 0 aliphatic heterocycles. The minimum absolute atomic E-state index is 0.375. The van der Waals surface area contributed by atoms with Gasteiger partial charge in [-0.2, -0.15) is 0 Å². The van der Waals surface area contributed by atoms with Crippen LogP contribution in [0.15, 0.2) is 24.3 Å². The number of hydrogen-bond donors (Lipinski definition) is 1. The summed E-state index contributed by atoms with van der Waals surface area (Å²) in [4.78, 5) is 0. The summed E-state index contributed by atoms with van der Waals surface area (Å²) in [6.45, 7) is 7.46. The van der Waals surface area contributed by atoms with Crippen molar-refractivity contribution >= 4 is 0 Å². The first kappa shape index (κ1) is 13.4. The molecule has 1 N–H and O–H groups in total. The summed E-state index contributed by atoms with van der Waals surface area (Å²) in [7, 11) is 2.07. The van der Waals surface area contributed by atoms with Crippen molar-refractivity contribution in [2.24, 2.45) is 5.41 Å². The Morgan fingerprint density at radius 3 is 2.78 bits per heavy atom. The minimum atomic E-state index is 0.375. The first-order chi connectivity index (χ1) is 8.65. The van der Waals surface area contributed by atoms with Crippen molar-refractivity contribution in [2.75, 3.05) is 13.7 Å². The first-order valence-electron chi connectivity index (χ1n) is 7.05. The standard InChI is InChI=1S/C16H25NO/c1-5-16(3)14(11-15(16)17-4)12-8-7-9-13(10-12)18-6-2/h7-10,14-15,17H,5-6,11H2,1-4H3. The molecule has 100 valence electrons. The highest BCUT2D eigenvalue weighted by atomic mass is 16.5. The van der Waals surface area contributed by atoms with Gasteiger partial charge in [-0.05, 0) is 55.8 Å². The van der Waals surface area contributed by atoms with Gasteiger partial charge in [0, 0.05) is 6.04 Å². The van der Waals surface area contributed by atoms with Crippen LogP contribution in [0, 0.1) is 5.41 Å². The van der Waals surface area contributed by atoms with Gasteiger partial charge in [-0.3, -0.25) is 0 Å². The number of benzene rings is 1. The van der Waals surface area contributed by atoms with Crippen molar-refractivity contribution in [1.29, 1.82) is 0 Å². The Morgan fingerprint density at radius 2 is 2.17 bits per heavy atom. The SMILES string of the molecule is CCOc1cccc(C2CC(NC)C2(C)CC)c1. The quantitative estimate of drug-likeness (QED) is 0.858. The molecule has 1 aromatic carbocycles. The topological polar surface area (TPSA) is 21.3 Å².